The molecule has 3 atom stereocenters. The Hall–Kier alpha value is -2.83. The van der Waals surface area contributed by atoms with E-state index in [9.17, 15) is 8.42 Å². The molecule has 0 bridgehead atoms. The lowest BCUT2D eigenvalue weighted by atomic mass is 9.74. The van der Waals surface area contributed by atoms with Gasteiger partial charge < -0.3 is 9.47 Å². The largest absolute Gasteiger partial charge is 0.488 e. The molecule has 1 heterocycles. The van der Waals surface area contributed by atoms with Gasteiger partial charge >= 0.3 is 0 Å². The van der Waals surface area contributed by atoms with Crippen molar-refractivity contribution >= 4 is 10.1 Å². The molecule has 0 saturated heterocycles. The molecule has 5 nitrogen and oxygen atoms in total. The van der Waals surface area contributed by atoms with E-state index in [0.717, 1.165) is 65.0 Å². The number of aryl methyl sites for hydroxylation is 1. The number of fused-ring (bicyclic) bond motifs is 1. The fourth-order valence-corrected chi connectivity index (χ4v) is 6.93. The monoisotopic (exact) mass is 564 g/mol. The third kappa shape index (κ3) is 6.39. The van der Waals surface area contributed by atoms with Crippen LogP contribution >= 0.6 is 0 Å². The number of rotatable bonds is 11. The smallest absolute Gasteiger partial charge is 0.296 e. The van der Waals surface area contributed by atoms with Crippen LogP contribution in [-0.2, 0) is 27.3 Å². The topological polar surface area (TPSA) is 61.8 Å². The standard InChI is InChI=1S/C34H44O5S/c1-8-12-24(3)31(22-38-40(35,36)29-17-15-23(2)16-18-29)34(7)20-19-30-27(6)32(25(4)26(5)33(30)39-34)37-21-28-13-10-9-11-14-28/h9-11,13-18,24,31H,8,12,19-22H2,1-7H3/t24-,31-,34?/m0/s1. The molecule has 3 aromatic rings. The Morgan fingerprint density at radius 1 is 0.950 bits per heavy atom. The van der Waals surface area contributed by atoms with E-state index in [-0.39, 0.29) is 23.3 Å². The Kier molecular flexibility index (Phi) is 9.31. The molecule has 0 N–H and O–H groups in total. The molecular formula is C34H44O5S. The van der Waals surface area contributed by atoms with Crippen LogP contribution in [0.1, 0.15) is 73.4 Å². The van der Waals surface area contributed by atoms with Gasteiger partial charge in [0.25, 0.3) is 10.1 Å². The lowest BCUT2D eigenvalue weighted by molar-refractivity contribution is -0.0371. The third-order valence-electron chi connectivity index (χ3n) is 8.67. The molecule has 0 fully saturated rings. The van der Waals surface area contributed by atoms with Crippen molar-refractivity contribution in [1.29, 1.82) is 0 Å². The van der Waals surface area contributed by atoms with Gasteiger partial charge in [-0.15, -0.1) is 0 Å². The molecular weight excluding hydrogens is 520 g/mol. The Bertz CT molecular complexity index is 1410. The summed E-state index contributed by atoms with van der Waals surface area (Å²) < 4.78 is 45.2. The van der Waals surface area contributed by atoms with Crippen LogP contribution in [0.4, 0.5) is 0 Å². The zero-order valence-corrected chi connectivity index (χ0v) is 25.9. The van der Waals surface area contributed by atoms with Crippen LogP contribution in [0.5, 0.6) is 11.5 Å². The van der Waals surface area contributed by atoms with E-state index in [1.54, 1.807) is 24.3 Å². The molecule has 216 valence electrons. The van der Waals surface area contributed by atoms with Crippen LogP contribution in [0.25, 0.3) is 0 Å². The minimum Gasteiger partial charge on any atom is -0.488 e. The summed E-state index contributed by atoms with van der Waals surface area (Å²) in [6.45, 7) is 15.3. The first-order chi connectivity index (χ1) is 19.0. The predicted molar refractivity (Wildman–Crippen MR) is 161 cm³/mol. The average Bonchev–Trinajstić information content (AvgIpc) is 2.92. The fraction of sp³-hybridized carbons (Fsp3) is 0.471. The summed E-state index contributed by atoms with van der Waals surface area (Å²) in [5.41, 5.74) is 6.02. The van der Waals surface area contributed by atoms with Crippen molar-refractivity contribution in [3.63, 3.8) is 0 Å². The van der Waals surface area contributed by atoms with Gasteiger partial charge in [-0.05, 0) is 87.8 Å². The molecule has 4 rings (SSSR count). The average molecular weight is 565 g/mol. The highest BCUT2D eigenvalue weighted by Crippen LogP contribution is 2.47. The van der Waals surface area contributed by atoms with E-state index < -0.39 is 15.7 Å². The molecule has 1 aliphatic heterocycles. The molecule has 1 aliphatic rings. The minimum atomic E-state index is -3.88. The first-order valence-corrected chi connectivity index (χ1v) is 15.8. The number of ether oxygens (including phenoxy) is 2. The molecule has 0 aromatic heterocycles. The van der Waals surface area contributed by atoms with Gasteiger partial charge in [0.1, 0.15) is 23.7 Å². The molecule has 0 aliphatic carbocycles. The van der Waals surface area contributed by atoms with Gasteiger partial charge in [0, 0.05) is 11.5 Å². The maximum absolute atomic E-state index is 13.1. The summed E-state index contributed by atoms with van der Waals surface area (Å²) in [7, 11) is -3.88. The Labute approximate surface area is 241 Å². The lowest BCUT2D eigenvalue weighted by Crippen LogP contribution is -2.49. The van der Waals surface area contributed by atoms with Gasteiger partial charge in [-0.1, -0.05) is 74.7 Å². The van der Waals surface area contributed by atoms with Crippen molar-refractivity contribution in [1.82, 2.24) is 0 Å². The molecule has 40 heavy (non-hydrogen) atoms. The molecule has 0 saturated carbocycles. The first kappa shape index (κ1) is 30.1. The predicted octanol–water partition coefficient (Wildman–Crippen LogP) is 8.04. The van der Waals surface area contributed by atoms with Crippen molar-refractivity contribution in [3.05, 3.63) is 88.0 Å². The van der Waals surface area contributed by atoms with Gasteiger partial charge in [-0.2, -0.15) is 8.42 Å². The summed E-state index contributed by atoms with van der Waals surface area (Å²) in [5.74, 6) is 1.96. The third-order valence-corrected chi connectivity index (χ3v) is 9.97. The zero-order chi connectivity index (χ0) is 29.1. The molecule has 0 spiro atoms. The van der Waals surface area contributed by atoms with Crippen LogP contribution < -0.4 is 9.47 Å². The van der Waals surface area contributed by atoms with E-state index in [2.05, 4.69) is 53.7 Å². The molecule has 1 unspecified atom stereocenters. The lowest BCUT2D eigenvalue weighted by Gasteiger charge is -2.45. The van der Waals surface area contributed by atoms with Crippen LogP contribution in [0.2, 0.25) is 0 Å². The summed E-state index contributed by atoms with van der Waals surface area (Å²) in [4.78, 5) is 0.185. The highest BCUT2D eigenvalue weighted by molar-refractivity contribution is 7.86. The highest BCUT2D eigenvalue weighted by atomic mass is 32.2. The van der Waals surface area contributed by atoms with Gasteiger partial charge in [0.2, 0.25) is 0 Å². The van der Waals surface area contributed by atoms with Crippen molar-refractivity contribution in [3.8, 4) is 11.5 Å². The van der Waals surface area contributed by atoms with Gasteiger partial charge in [-0.3, -0.25) is 4.18 Å². The molecule has 0 radical (unpaired) electrons. The van der Waals surface area contributed by atoms with Crippen molar-refractivity contribution in [2.75, 3.05) is 6.61 Å². The van der Waals surface area contributed by atoms with Crippen LogP contribution in [-0.4, -0.2) is 20.6 Å². The molecule has 0 amide bonds. The first-order valence-electron chi connectivity index (χ1n) is 14.4. The van der Waals surface area contributed by atoms with Crippen LogP contribution in [0, 0.1) is 39.5 Å². The summed E-state index contributed by atoms with van der Waals surface area (Å²) in [6.07, 6.45) is 3.58. The number of hydrogen-bond donors (Lipinski definition) is 0. The van der Waals surface area contributed by atoms with Crippen molar-refractivity contribution in [2.24, 2.45) is 11.8 Å². The maximum atomic E-state index is 13.1. The summed E-state index contributed by atoms with van der Waals surface area (Å²) in [5, 5.41) is 0. The Balaban J connectivity index is 1.60. The Morgan fingerprint density at radius 2 is 1.62 bits per heavy atom. The van der Waals surface area contributed by atoms with E-state index in [0.29, 0.717) is 6.61 Å². The number of benzene rings is 3. The minimum absolute atomic E-state index is 0.0818. The number of hydrogen-bond acceptors (Lipinski definition) is 5. The quantitative estimate of drug-likeness (QED) is 0.221. The molecule has 3 aromatic carbocycles. The second kappa shape index (κ2) is 12.4. The Morgan fingerprint density at radius 3 is 2.27 bits per heavy atom. The normalized spacial score (nSPS) is 18.5. The van der Waals surface area contributed by atoms with Gasteiger partial charge in [0.05, 0.1) is 11.5 Å². The van der Waals surface area contributed by atoms with E-state index in [1.165, 1.54) is 5.56 Å². The van der Waals surface area contributed by atoms with Gasteiger partial charge in [-0.25, -0.2) is 0 Å². The van der Waals surface area contributed by atoms with Crippen LogP contribution in [0.3, 0.4) is 0 Å². The second-order valence-corrected chi connectivity index (χ2v) is 13.2. The fourth-order valence-electron chi connectivity index (χ4n) is 5.99. The summed E-state index contributed by atoms with van der Waals surface area (Å²) in [6, 6.07) is 17.0. The van der Waals surface area contributed by atoms with E-state index >= 15 is 0 Å². The molecule has 6 heteroatoms. The maximum Gasteiger partial charge on any atom is 0.296 e. The van der Waals surface area contributed by atoms with Crippen molar-refractivity contribution < 1.29 is 22.1 Å². The van der Waals surface area contributed by atoms with Gasteiger partial charge in [0.15, 0.2) is 0 Å². The highest BCUT2D eigenvalue weighted by Gasteiger charge is 2.44. The van der Waals surface area contributed by atoms with E-state index in [1.807, 2.05) is 25.1 Å². The van der Waals surface area contributed by atoms with Crippen molar-refractivity contribution in [2.45, 2.75) is 91.3 Å². The van der Waals surface area contributed by atoms with Crippen LogP contribution in [0.15, 0.2) is 59.5 Å². The zero-order valence-electron chi connectivity index (χ0n) is 25.0. The summed E-state index contributed by atoms with van der Waals surface area (Å²) >= 11 is 0. The van der Waals surface area contributed by atoms with E-state index in [4.69, 9.17) is 13.7 Å². The SMILES string of the molecule is CCC[C@H](C)[C@H](COS(=O)(=O)c1ccc(C)cc1)C1(C)CCc2c(C)c(OCc3ccccc3)c(C)c(C)c2O1. The second-order valence-electron chi connectivity index (χ2n) is 11.6.